The second-order valence-corrected chi connectivity index (χ2v) is 7.89. The van der Waals surface area contributed by atoms with Crippen molar-refractivity contribution in [1.82, 2.24) is 20.2 Å². The fourth-order valence-electron chi connectivity index (χ4n) is 4.04. The van der Waals surface area contributed by atoms with E-state index in [1.807, 2.05) is 6.92 Å². The van der Waals surface area contributed by atoms with Gasteiger partial charge in [0.2, 0.25) is 0 Å². The van der Waals surface area contributed by atoms with Crippen molar-refractivity contribution >= 4 is 11.6 Å². The summed E-state index contributed by atoms with van der Waals surface area (Å²) in [6.45, 7) is 4.13. The van der Waals surface area contributed by atoms with Crippen molar-refractivity contribution in [3.05, 3.63) is 23.8 Å². The van der Waals surface area contributed by atoms with Gasteiger partial charge in [-0.25, -0.2) is 8.78 Å². The zero-order chi connectivity index (χ0) is 19.1. The number of piperidine rings is 1. The molecule has 0 aromatic carbocycles. The van der Waals surface area contributed by atoms with E-state index >= 15 is 0 Å². The summed E-state index contributed by atoms with van der Waals surface area (Å²) in [7, 11) is 0. The molecule has 0 unspecified atom stereocenters. The number of aromatic nitrogens is 2. The normalized spacial score (nSPS) is 27.7. The van der Waals surface area contributed by atoms with Gasteiger partial charge in [0.05, 0.1) is 11.4 Å². The maximum Gasteiger partial charge on any atom is 0.269 e. The van der Waals surface area contributed by atoms with Gasteiger partial charge in [0.1, 0.15) is 5.71 Å². The van der Waals surface area contributed by atoms with Crippen LogP contribution in [0.15, 0.2) is 17.5 Å². The summed E-state index contributed by atoms with van der Waals surface area (Å²) in [6, 6.07) is -0.477. The molecule has 0 bridgehead atoms. The number of amides is 1. The SMILES string of the molecule is Cc1cncc(CN2CCC[C@]3(CC(C(=O)NC4CC(F)(F)C4)=NO3)C2)n1. The third-order valence-corrected chi connectivity index (χ3v) is 5.34. The quantitative estimate of drug-likeness (QED) is 0.863. The molecule has 1 spiro atoms. The standard InChI is InChI=1S/C18H23F2N5O2/c1-12-8-21-9-14(22-12)10-25-4-2-3-17(11-25)7-15(24-27-17)16(26)23-13-5-18(19,20)6-13/h8-9,13H,2-7,10-11H2,1H3,(H,23,26)/t17-/m0/s1. The van der Waals surface area contributed by atoms with Crippen LogP contribution in [0.5, 0.6) is 0 Å². The van der Waals surface area contributed by atoms with Crippen LogP contribution >= 0.6 is 0 Å². The molecular weight excluding hydrogens is 356 g/mol. The highest BCUT2D eigenvalue weighted by Crippen LogP contribution is 2.38. The Labute approximate surface area is 156 Å². The zero-order valence-corrected chi connectivity index (χ0v) is 15.3. The van der Waals surface area contributed by atoms with E-state index in [1.165, 1.54) is 0 Å². The van der Waals surface area contributed by atoms with Gasteiger partial charge in [-0.2, -0.15) is 0 Å². The Morgan fingerprint density at radius 3 is 2.96 bits per heavy atom. The lowest BCUT2D eigenvalue weighted by Gasteiger charge is -2.38. The Morgan fingerprint density at radius 2 is 2.22 bits per heavy atom. The van der Waals surface area contributed by atoms with Crippen LogP contribution in [0.4, 0.5) is 8.78 Å². The summed E-state index contributed by atoms with van der Waals surface area (Å²) in [6.07, 6.45) is 5.01. The molecule has 0 radical (unpaired) electrons. The largest absolute Gasteiger partial charge is 0.387 e. The molecule has 7 nitrogen and oxygen atoms in total. The Kier molecular flexibility index (Phi) is 4.57. The molecule has 1 aromatic rings. The minimum absolute atomic E-state index is 0.294. The number of carbonyl (C=O) groups excluding carboxylic acids is 1. The Balaban J connectivity index is 1.32. The highest BCUT2D eigenvalue weighted by molar-refractivity contribution is 6.39. The van der Waals surface area contributed by atoms with E-state index in [0.29, 0.717) is 25.2 Å². The molecule has 1 aromatic heterocycles. The number of alkyl halides is 2. The second-order valence-electron chi connectivity index (χ2n) is 7.89. The summed E-state index contributed by atoms with van der Waals surface area (Å²) in [5, 5.41) is 6.61. The van der Waals surface area contributed by atoms with Crippen LogP contribution in [0.2, 0.25) is 0 Å². The number of rotatable bonds is 4. The van der Waals surface area contributed by atoms with E-state index in [9.17, 15) is 13.6 Å². The fourth-order valence-corrected chi connectivity index (χ4v) is 4.04. The summed E-state index contributed by atoms with van der Waals surface area (Å²) >= 11 is 0. The van der Waals surface area contributed by atoms with Crippen molar-refractivity contribution in [2.75, 3.05) is 13.1 Å². The number of carbonyl (C=O) groups is 1. The van der Waals surface area contributed by atoms with Crippen molar-refractivity contribution < 1.29 is 18.4 Å². The molecule has 1 N–H and O–H groups in total. The first-order chi connectivity index (χ1) is 12.8. The fraction of sp³-hybridized carbons (Fsp3) is 0.667. The van der Waals surface area contributed by atoms with E-state index in [4.69, 9.17) is 4.84 Å². The van der Waals surface area contributed by atoms with E-state index in [-0.39, 0.29) is 12.8 Å². The van der Waals surface area contributed by atoms with Gasteiger partial charge in [0.25, 0.3) is 11.8 Å². The smallest absolute Gasteiger partial charge is 0.269 e. The van der Waals surface area contributed by atoms with Gasteiger partial charge < -0.3 is 10.2 Å². The maximum absolute atomic E-state index is 12.9. The van der Waals surface area contributed by atoms with Crippen LogP contribution in [-0.2, 0) is 16.2 Å². The predicted molar refractivity (Wildman–Crippen MR) is 93.3 cm³/mol. The maximum atomic E-state index is 12.9. The number of nitrogens with one attached hydrogen (secondary N) is 1. The summed E-state index contributed by atoms with van der Waals surface area (Å²) in [5.41, 5.74) is 1.54. The number of halogens is 2. The number of nitrogens with zero attached hydrogens (tertiary/aromatic N) is 4. The Bertz CT molecular complexity index is 764. The van der Waals surface area contributed by atoms with Crippen LogP contribution in [0.1, 0.15) is 43.5 Å². The lowest BCUT2D eigenvalue weighted by Crippen LogP contribution is -2.53. The van der Waals surface area contributed by atoms with Crippen LogP contribution in [0.3, 0.4) is 0 Å². The van der Waals surface area contributed by atoms with Gasteiger partial charge in [-0.1, -0.05) is 5.16 Å². The summed E-state index contributed by atoms with van der Waals surface area (Å²) < 4.78 is 25.9. The Hall–Kier alpha value is -2.16. The zero-order valence-electron chi connectivity index (χ0n) is 15.3. The molecule has 4 rings (SSSR count). The number of oxime groups is 1. The molecule has 2 fully saturated rings. The van der Waals surface area contributed by atoms with Crippen LogP contribution in [0, 0.1) is 6.92 Å². The molecule has 27 heavy (non-hydrogen) atoms. The highest BCUT2D eigenvalue weighted by Gasteiger charge is 2.48. The topological polar surface area (TPSA) is 79.7 Å². The van der Waals surface area contributed by atoms with Gasteiger partial charge in [-0.05, 0) is 26.3 Å². The first-order valence-corrected chi connectivity index (χ1v) is 9.26. The Morgan fingerprint density at radius 1 is 1.41 bits per heavy atom. The molecule has 9 heteroatoms. The summed E-state index contributed by atoms with van der Waals surface area (Å²) in [5.74, 6) is -3.05. The monoisotopic (exact) mass is 379 g/mol. The van der Waals surface area contributed by atoms with E-state index in [0.717, 1.165) is 30.8 Å². The first kappa shape index (κ1) is 18.2. The average molecular weight is 379 g/mol. The number of hydrogen-bond acceptors (Lipinski definition) is 6. The van der Waals surface area contributed by atoms with E-state index < -0.39 is 23.5 Å². The van der Waals surface area contributed by atoms with Gasteiger partial charge >= 0.3 is 0 Å². The van der Waals surface area contributed by atoms with Gasteiger partial charge in [0, 0.05) is 50.8 Å². The number of hydrogen-bond donors (Lipinski definition) is 1. The molecule has 1 saturated heterocycles. The first-order valence-electron chi connectivity index (χ1n) is 9.26. The van der Waals surface area contributed by atoms with Crippen LogP contribution in [0.25, 0.3) is 0 Å². The highest BCUT2D eigenvalue weighted by atomic mass is 19.3. The van der Waals surface area contributed by atoms with Gasteiger partial charge in [-0.15, -0.1) is 0 Å². The van der Waals surface area contributed by atoms with Gasteiger partial charge in [-0.3, -0.25) is 19.7 Å². The van der Waals surface area contributed by atoms with Crippen molar-refractivity contribution in [1.29, 1.82) is 0 Å². The lowest BCUT2D eigenvalue weighted by atomic mass is 9.86. The molecule has 3 heterocycles. The number of likely N-dealkylation sites (tertiary alicyclic amines) is 1. The van der Waals surface area contributed by atoms with E-state index in [2.05, 4.69) is 25.3 Å². The van der Waals surface area contributed by atoms with Crippen LogP contribution in [-0.4, -0.2) is 57.1 Å². The molecule has 1 aliphatic carbocycles. The summed E-state index contributed by atoms with van der Waals surface area (Å²) in [4.78, 5) is 28.9. The third-order valence-electron chi connectivity index (χ3n) is 5.34. The molecule has 1 amide bonds. The van der Waals surface area contributed by atoms with Crippen LogP contribution < -0.4 is 5.32 Å². The molecule has 146 valence electrons. The van der Waals surface area contributed by atoms with Gasteiger partial charge in [0.15, 0.2) is 5.60 Å². The third kappa shape index (κ3) is 4.07. The minimum Gasteiger partial charge on any atom is -0.387 e. The molecule has 2 aliphatic heterocycles. The molecule has 1 atom stereocenters. The molecule has 1 saturated carbocycles. The number of aryl methyl sites for hydroxylation is 1. The van der Waals surface area contributed by atoms with Crippen molar-refractivity contribution in [2.24, 2.45) is 5.16 Å². The molecular formula is C18H23F2N5O2. The minimum atomic E-state index is -2.66. The van der Waals surface area contributed by atoms with Crippen molar-refractivity contribution in [2.45, 2.75) is 63.1 Å². The van der Waals surface area contributed by atoms with E-state index in [1.54, 1.807) is 12.4 Å². The van der Waals surface area contributed by atoms with Crippen molar-refractivity contribution in [3.63, 3.8) is 0 Å². The van der Waals surface area contributed by atoms with Crippen molar-refractivity contribution in [3.8, 4) is 0 Å². The predicted octanol–water partition coefficient (Wildman–Crippen LogP) is 1.81. The average Bonchev–Trinajstić information content (AvgIpc) is 2.97. The second kappa shape index (κ2) is 6.78. The molecule has 3 aliphatic rings. The lowest BCUT2D eigenvalue weighted by molar-refractivity contribution is -0.123.